The summed E-state index contributed by atoms with van der Waals surface area (Å²) in [6.45, 7) is 7.91. The van der Waals surface area contributed by atoms with Gasteiger partial charge in [-0.3, -0.25) is 4.99 Å². The number of aliphatic hydroxyl groups is 1. The number of nitrogens with one attached hydrogen (secondary N) is 2. The zero-order valence-electron chi connectivity index (χ0n) is 13.8. The van der Waals surface area contributed by atoms with Gasteiger partial charge in [-0.2, -0.15) is 0 Å². The second kappa shape index (κ2) is 10.9. The van der Waals surface area contributed by atoms with Crippen LogP contribution in [0.5, 0.6) is 0 Å². The molecule has 0 aromatic carbocycles. The fourth-order valence-electron chi connectivity index (χ4n) is 2.62. The first-order chi connectivity index (χ1) is 10.2. The first-order valence-corrected chi connectivity index (χ1v) is 8.52. The number of aliphatic imine (C=N–C) groups is 1. The SMILES string of the molecule is CCNC(=NCC1(O)CCCCC1)NCCCCOCC. The summed E-state index contributed by atoms with van der Waals surface area (Å²) < 4.78 is 5.32. The molecule has 0 unspecified atom stereocenters. The van der Waals surface area contributed by atoms with Gasteiger partial charge >= 0.3 is 0 Å². The second-order valence-electron chi connectivity index (χ2n) is 5.81. The molecule has 0 spiro atoms. The average Bonchev–Trinajstić information content (AvgIpc) is 2.49. The van der Waals surface area contributed by atoms with Crippen LogP contribution in [0.25, 0.3) is 0 Å². The van der Waals surface area contributed by atoms with Crippen molar-refractivity contribution in [3.8, 4) is 0 Å². The lowest BCUT2D eigenvalue weighted by molar-refractivity contribution is 0.0131. The van der Waals surface area contributed by atoms with Crippen LogP contribution in [0.1, 0.15) is 58.8 Å². The van der Waals surface area contributed by atoms with Crippen molar-refractivity contribution in [3.05, 3.63) is 0 Å². The van der Waals surface area contributed by atoms with Gasteiger partial charge in [0.1, 0.15) is 0 Å². The first kappa shape index (κ1) is 18.2. The van der Waals surface area contributed by atoms with Crippen molar-refractivity contribution in [3.63, 3.8) is 0 Å². The minimum atomic E-state index is -0.588. The fourth-order valence-corrected chi connectivity index (χ4v) is 2.62. The molecule has 1 aliphatic carbocycles. The maximum Gasteiger partial charge on any atom is 0.191 e. The molecule has 0 aliphatic heterocycles. The molecule has 0 amide bonds. The zero-order valence-corrected chi connectivity index (χ0v) is 13.8. The monoisotopic (exact) mass is 299 g/mol. The van der Waals surface area contributed by atoms with E-state index >= 15 is 0 Å². The van der Waals surface area contributed by atoms with Gasteiger partial charge in [-0.05, 0) is 39.5 Å². The summed E-state index contributed by atoms with van der Waals surface area (Å²) in [5.74, 6) is 0.813. The smallest absolute Gasteiger partial charge is 0.191 e. The van der Waals surface area contributed by atoms with Crippen LogP contribution in [0, 0.1) is 0 Å². The molecule has 0 aromatic rings. The largest absolute Gasteiger partial charge is 0.388 e. The fraction of sp³-hybridized carbons (Fsp3) is 0.938. The third-order valence-electron chi connectivity index (χ3n) is 3.87. The third kappa shape index (κ3) is 8.27. The van der Waals surface area contributed by atoms with E-state index < -0.39 is 5.60 Å². The van der Waals surface area contributed by atoms with Crippen molar-refractivity contribution in [2.75, 3.05) is 32.8 Å². The molecule has 1 saturated carbocycles. The highest BCUT2D eigenvalue weighted by atomic mass is 16.5. The van der Waals surface area contributed by atoms with Crippen LogP contribution in [0.2, 0.25) is 0 Å². The normalized spacial score (nSPS) is 18.5. The van der Waals surface area contributed by atoms with Crippen molar-refractivity contribution in [1.29, 1.82) is 0 Å². The molecule has 1 rings (SSSR count). The summed E-state index contributed by atoms with van der Waals surface area (Å²) in [5.41, 5.74) is -0.588. The molecule has 0 heterocycles. The predicted octanol–water partition coefficient (Wildman–Crippen LogP) is 2.05. The molecule has 124 valence electrons. The van der Waals surface area contributed by atoms with E-state index in [0.29, 0.717) is 6.54 Å². The average molecular weight is 299 g/mol. The van der Waals surface area contributed by atoms with Gasteiger partial charge in [0.2, 0.25) is 0 Å². The number of ether oxygens (including phenoxy) is 1. The number of guanidine groups is 1. The van der Waals surface area contributed by atoms with Crippen LogP contribution >= 0.6 is 0 Å². The summed E-state index contributed by atoms with van der Waals surface area (Å²) in [4.78, 5) is 4.56. The van der Waals surface area contributed by atoms with Crippen LogP contribution < -0.4 is 10.6 Å². The Labute approximate surface area is 129 Å². The molecule has 0 saturated heterocycles. The van der Waals surface area contributed by atoms with Crippen LogP contribution in [-0.4, -0.2) is 49.5 Å². The molecule has 5 heteroatoms. The summed E-state index contributed by atoms with van der Waals surface area (Å²) in [6, 6.07) is 0. The van der Waals surface area contributed by atoms with E-state index in [-0.39, 0.29) is 0 Å². The van der Waals surface area contributed by atoms with Gasteiger partial charge in [0.05, 0.1) is 12.1 Å². The Hall–Kier alpha value is -0.810. The Balaban J connectivity index is 2.28. The van der Waals surface area contributed by atoms with E-state index in [4.69, 9.17) is 4.74 Å². The first-order valence-electron chi connectivity index (χ1n) is 8.52. The molecule has 0 aromatic heterocycles. The lowest BCUT2D eigenvalue weighted by atomic mass is 9.85. The number of hydrogen-bond donors (Lipinski definition) is 3. The number of unbranched alkanes of at least 4 members (excludes halogenated alkanes) is 1. The molecule has 0 bridgehead atoms. The van der Waals surface area contributed by atoms with Crippen molar-refractivity contribution in [2.24, 2.45) is 4.99 Å². The van der Waals surface area contributed by atoms with Crippen LogP contribution in [0.4, 0.5) is 0 Å². The van der Waals surface area contributed by atoms with Crippen molar-refractivity contribution < 1.29 is 9.84 Å². The van der Waals surface area contributed by atoms with Crippen LogP contribution in [0.3, 0.4) is 0 Å². The molecular weight excluding hydrogens is 266 g/mol. The molecule has 1 fully saturated rings. The standard InChI is InChI=1S/C16H33N3O2/c1-3-17-15(18-12-8-9-13-21-4-2)19-14-16(20)10-6-5-7-11-16/h20H,3-14H2,1-2H3,(H2,17,18,19). The van der Waals surface area contributed by atoms with Gasteiger partial charge in [-0.15, -0.1) is 0 Å². The Morgan fingerprint density at radius 1 is 1.14 bits per heavy atom. The van der Waals surface area contributed by atoms with Gasteiger partial charge in [-0.1, -0.05) is 19.3 Å². The van der Waals surface area contributed by atoms with E-state index in [1.807, 2.05) is 6.92 Å². The summed E-state index contributed by atoms with van der Waals surface area (Å²) in [7, 11) is 0. The minimum absolute atomic E-state index is 0.501. The molecular formula is C16H33N3O2. The van der Waals surface area contributed by atoms with E-state index in [0.717, 1.165) is 70.8 Å². The van der Waals surface area contributed by atoms with Crippen molar-refractivity contribution in [2.45, 2.75) is 64.4 Å². The summed E-state index contributed by atoms with van der Waals surface area (Å²) in [5, 5.41) is 17.0. The van der Waals surface area contributed by atoms with Gasteiger partial charge in [0.15, 0.2) is 5.96 Å². The number of hydrogen-bond acceptors (Lipinski definition) is 3. The maximum absolute atomic E-state index is 10.5. The third-order valence-corrected chi connectivity index (χ3v) is 3.87. The zero-order chi connectivity index (χ0) is 15.4. The van der Waals surface area contributed by atoms with Gasteiger partial charge in [0.25, 0.3) is 0 Å². The van der Waals surface area contributed by atoms with E-state index in [1.165, 1.54) is 6.42 Å². The van der Waals surface area contributed by atoms with E-state index in [1.54, 1.807) is 0 Å². The molecule has 1 aliphatic rings. The quantitative estimate of drug-likeness (QED) is 0.346. The molecule has 0 radical (unpaired) electrons. The molecule has 5 nitrogen and oxygen atoms in total. The Morgan fingerprint density at radius 3 is 2.57 bits per heavy atom. The number of nitrogens with zero attached hydrogens (tertiary/aromatic N) is 1. The Morgan fingerprint density at radius 2 is 1.90 bits per heavy atom. The van der Waals surface area contributed by atoms with Crippen molar-refractivity contribution in [1.82, 2.24) is 10.6 Å². The highest BCUT2D eigenvalue weighted by molar-refractivity contribution is 5.79. The lowest BCUT2D eigenvalue weighted by Crippen LogP contribution is -2.41. The summed E-state index contributed by atoms with van der Waals surface area (Å²) >= 11 is 0. The van der Waals surface area contributed by atoms with Gasteiger partial charge < -0.3 is 20.5 Å². The van der Waals surface area contributed by atoms with Crippen LogP contribution in [-0.2, 0) is 4.74 Å². The maximum atomic E-state index is 10.5. The Bertz CT molecular complexity index is 289. The molecule has 21 heavy (non-hydrogen) atoms. The highest BCUT2D eigenvalue weighted by Crippen LogP contribution is 2.28. The predicted molar refractivity (Wildman–Crippen MR) is 87.7 cm³/mol. The van der Waals surface area contributed by atoms with Gasteiger partial charge in [0, 0.05) is 26.3 Å². The number of rotatable bonds is 9. The molecule has 3 N–H and O–H groups in total. The minimum Gasteiger partial charge on any atom is -0.388 e. The highest BCUT2D eigenvalue weighted by Gasteiger charge is 2.28. The molecule has 0 atom stereocenters. The Kier molecular flexibility index (Phi) is 9.42. The van der Waals surface area contributed by atoms with E-state index in [2.05, 4.69) is 22.5 Å². The lowest BCUT2D eigenvalue weighted by Gasteiger charge is -2.30. The second-order valence-corrected chi connectivity index (χ2v) is 5.81. The summed E-state index contributed by atoms with van der Waals surface area (Å²) in [6.07, 6.45) is 7.36. The topological polar surface area (TPSA) is 65.9 Å². The van der Waals surface area contributed by atoms with Crippen molar-refractivity contribution >= 4 is 5.96 Å². The van der Waals surface area contributed by atoms with Crippen LogP contribution in [0.15, 0.2) is 4.99 Å². The van der Waals surface area contributed by atoms with E-state index in [9.17, 15) is 5.11 Å². The van der Waals surface area contributed by atoms with Gasteiger partial charge in [-0.25, -0.2) is 0 Å².